The molecule has 11 heavy (non-hydrogen) atoms. The van der Waals surface area contributed by atoms with Crippen LogP contribution in [0.2, 0.25) is 0 Å². The number of hydrogen-bond donors (Lipinski definition) is 2. The van der Waals surface area contributed by atoms with E-state index in [-0.39, 0.29) is 6.04 Å². The van der Waals surface area contributed by atoms with Crippen molar-refractivity contribution in [1.82, 2.24) is 10.2 Å². The standard InChI is InChI=1S/C7H15N3S/c1-6(7(8)11)10-4-2-9-3-5-10/h6,9H,2-5H2,1H3,(H2,8,11). The van der Waals surface area contributed by atoms with Crippen LogP contribution in [0.3, 0.4) is 0 Å². The van der Waals surface area contributed by atoms with E-state index in [1.807, 2.05) is 0 Å². The molecule has 0 aromatic heterocycles. The predicted molar refractivity (Wildman–Crippen MR) is 50.7 cm³/mol. The molecule has 1 fully saturated rings. The van der Waals surface area contributed by atoms with Crippen LogP contribution in [0.1, 0.15) is 6.92 Å². The molecule has 1 unspecified atom stereocenters. The maximum atomic E-state index is 5.54. The summed E-state index contributed by atoms with van der Waals surface area (Å²) in [5.41, 5.74) is 5.54. The fourth-order valence-electron chi connectivity index (χ4n) is 1.25. The number of nitrogens with two attached hydrogens (primary N) is 1. The summed E-state index contributed by atoms with van der Waals surface area (Å²) in [6.07, 6.45) is 0. The van der Waals surface area contributed by atoms with Crippen LogP contribution in [-0.4, -0.2) is 42.1 Å². The maximum Gasteiger partial charge on any atom is 0.0899 e. The Kier molecular flexibility index (Phi) is 3.23. The topological polar surface area (TPSA) is 41.3 Å². The quantitative estimate of drug-likeness (QED) is 0.556. The maximum absolute atomic E-state index is 5.54. The van der Waals surface area contributed by atoms with Gasteiger partial charge in [0, 0.05) is 26.2 Å². The molecule has 1 aliphatic heterocycles. The second kappa shape index (κ2) is 3.99. The number of hydrogen-bond acceptors (Lipinski definition) is 3. The van der Waals surface area contributed by atoms with Gasteiger partial charge in [0.1, 0.15) is 0 Å². The van der Waals surface area contributed by atoms with E-state index >= 15 is 0 Å². The molecule has 1 saturated heterocycles. The SMILES string of the molecule is CC(C(N)=S)N1CCNCC1. The van der Waals surface area contributed by atoms with Crippen LogP contribution in [0, 0.1) is 0 Å². The van der Waals surface area contributed by atoms with Crippen molar-refractivity contribution < 1.29 is 0 Å². The number of piperazine rings is 1. The third kappa shape index (κ3) is 2.39. The van der Waals surface area contributed by atoms with Crippen molar-refractivity contribution in [3.05, 3.63) is 0 Å². The lowest BCUT2D eigenvalue weighted by molar-refractivity contribution is 0.223. The van der Waals surface area contributed by atoms with Crippen LogP contribution >= 0.6 is 12.2 Å². The van der Waals surface area contributed by atoms with Gasteiger partial charge in [0.15, 0.2) is 0 Å². The predicted octanol–water partition coefficient (Wildman–Crippen LogP) is -0.434. The zero-order chi connectivity index (χ0) is 8.27. The third-order valence-corrected chi connectivity index (χ3v) is 2.45. The molecule has 0 amide bonds. The number of thiocarbonyl (C=S) groups is 1. The van der Waals surface area contributed by atoms with Gasteiger partial charge in [-0.2, -0.15) is 0 Å². The van der Waals surface area contributed by atoms with Crippen LogP contribution < -0.4 is 11.1 Å². The van der Waals surface area contributed by atoms with Crippen LogP contribution in [-0.2, 0) is 0 Å². The highest BCUT2D eigenvalue weighted by Crippen LogP contribution is 2.00. The average molecular weight is 173 g/mol. The van der Waals surface area contributed by atoms with E-state index in [1.54, 1.807) is 0 Å². The lowest BCUT2D eigenvalue weighted by Crippen LogP contribution is -2.51. The summed E-state index contributed by atoms with van der Waals surface area (Å²) >= 11 is 4.91. The summed E-state index contributed by atoms with van der Waals surface area (Å²) in [6, 6.07) is 0.257. The summed E-state index contributed by atoms with van der Waals surface area (Å²) < 4.78 is 0. The van der Waals surface area contributed by atoms with E-state index in [9.17, 15) is 0 Å². The first-order valence-corrected chi connectivity index (χ1v) is 4.36. The Morgan fingerprint density at radius 1 is 1.55 bits per heavy atom. The van der Waals surface area contributed by atoms with E-state index in [4.69, 9.17) is 18.0 Å². The molecule has 1 heterocycles. The van der Waals surface area contributed by atoms with Crippen LogP contribution in [0.5, 0.6) is 0 Å². The van der Waals surface area contributed by atoms with Gasteiger partial charge in [0.05, 0.1) is 11.0 Å². The van der Waals surface area contributed by atoms with Gasteiger partial charge in [0.2, 0.25) is 0 Å². The van der Waals surface area contributed by atoms with Crippen LogP contribution in [0.25, 0.3) is 0 Å². The fourth-order valence-corrected chi connectivity index (χ4v) is 1.40. The number of rotatable bonds is 2. The van der Waals surface area contributed by atoms with Crippen LogP contribution in [0.15, 0.2) is 0 Å². The van der Waals surface area contributed by atoms with Gasteiger partial charge in [-0.1, -0.05) is 12.2 Å². The van der Waals surface area contributed by atoms with Gasteiger partial charge < -0.3 is 11.1 Å². The Hall–Kier alpha value is -0.190. The lowest BCUT2D eigenvalue weighted by atomic mass is 10.2. The molecule has 0 aromatic rings. The van der Waals surface area contributed by atoms with Gasteiger partial charge >= 0.3 is 0 Å². The first-order chi connectivity index (χ1) is 5.22. The van der Waals surface area contributed by atoms with Gasteiger partial charge in [-0.05, 0) is 6.92 Å². The minimum absolute atomic E-state index is 0.257. The van der Waals surface area contributed by atoms with Crippen molar-refractivity contribution in [2.24, 2.45) is 5.73 Å². The van der Waals surface area contributed by atoms with E-state index < -0.39 is 0 Å². The summed E-state index contributed by atoms with van der Waals surface area (Å²) in [5.74, 6) is 0. The monoisotopic (exact) mass is 173 g/mol. The van der Waals surface area contributed by atoms with E-state index in [0.29, 0.717) is 4.99 Å². The minimum atomic E-state index is 0.257. The smallest absolute Gasteiger partial charge is 0.0899 e. The third-order valence-electron chi connectivity index (χ3n) is 2.11. The minimum Gasteiger partial charge on any atom is -0.392 e. The number of nitrogens with zero attached hydrogens (tertiary/aromatic N) is 1. The molecule has 0 aliphatic carbocycles. The molecular formula is C7H15N3S. The molecule has 1 atom stereocenters. The van der Waals surface area contributed by atoms with Gasteiger partial charge in [-0.3, -0.25) is 4.90 Å². The molecule has 64 valence electrons. The van der Waals surface area contributed by atoms with Crippen molar-refractivity contribution >= 4 is 17.2 Å². The molecule has 3 nitrogen and oxygen atoms in total. The normalized spacial score (nSPS) is 23.0. The van der Waals surface area contributed by atoms with Crippen molar-refractivity contribution in [3.8, 4) is 0 Å². The number of nitrogens with one attached hydrogen (secondary N) is 1. The Morgan fingerprint density at radius 2 is 2.09 bits per heavy atom. The molecule has 0 aromatic carbocycles. The highest BCUT2D eigenvalue weighted by molar-refractivity contribution is 7.80. The molecule has 1 aliphatic rings. The van der Waals surface area contributed by atoms with Gasteiger partial charge in [0.25, 0.3) is 0 Å². The van der Waals surface area contributed by atoms with E-state index in [2.05, 4.69) is 17.1 Å². The molecule has 0 saturated carbocycles. The summed E-state index contributed by atoms with van der Waals surface area (Å²) in [7, 11) is 0. The molecule has 0 bridgehead atoms. The molecule has 4 heteroatoms. The van der Waals surface area contributed by atoms with Crippen molar-refractivity contribution in [2.45, 2.75) is 13.0 Å². The fraction of sp³-hybridized carbons (Fsp3) is 0.857. The Morgan fingerprint density at radius 3 is 2.55 bits per heavy atom. The molecular weight excluding hydrogens is 158 g/mol. The Balaban J connectivity index is 2.38. The van der Waals surface area contributed by atoms with Gasteiger partial charge in [-0.15, -0.1) is 0 Å². The molecule has 0 spiro atoms. The summed E-state index contributed by atoms with van der Waals surface area (Å²) in [6.45, 7) is 6.27. The van der Waals surface area contributed by atoms with Crippen molar-refractivity contribution in [2.75, 3.05) is 26.2 Å². The lowest BCUT2D eigenvalue weighted by Gasteiger charge is -2.31. The first-order valence-electron chi connectivity index (χ1n) is 3.96. The van der Waals surface area contributed by atoms with E-state index in [0.717, 1.165) is 26.2 Å². The molecule has 1 rings (SSSR count). The Labute approximate surface area is 72.9 Å². The van der Waals surface area contributed by atoms with Crippen LogP contribution in [0.4, 0.5) is 0 Å². The highest BCUT2D eigenvalue weighted by atomic mass is 32.1. The van der Waals surface area contributed by atoms with Gasteiger partial charge in [-0.25, -0.2) is 0 Å². The second-order valence-electron chi connectivity index (χ2n) is 2.86. The van der Waals surface area contributed by atoms with Crippen molar-refractivity contribution in [3.63, 3.8) is 0 Å². The first kappa shape index (κ1) is 8.90. The summed E-state index contributed by atoms with van der Waals surface area (Å²) in [5, 5.41) is 3.28. The largest absolute Gasteiger partial charge is 0.392 e. The molecule has 3 N–H and O–H groups in total. The molecule has 0 radical (unpaired) electrons. The second-order valence-corrected chi connectivity index (χ2v) is 3.34. The zero-order valence-corrected chi connectivity index (χ0v) is 7.66. The van der Waals surface area contributed by atoms with Crippen molar-refractivity contribution in [1.29, 1.82) is 0 Å². The Bertz CT molecular complexity index is 143. The average Bonchev–Trinajstić information content (AvgIpc) is 2.05. The van der Waals surface area contributed by atoms with E-state index in [1.165, 1.54) is 0 Å². The zero-order valence-electron chi connectivity index (χ0n) is 6.84. The summed E-state index contributed by atoms with van der Waals surface area (Å²) in [4.78, 5) is 2.91. The highest BCUT2D eigenvalue weighted by Gasteiger charge is 2.17.